The van der Waals surface area contributed by atoms with Gasteiger partial charge in [0.15, 0.2) is 4.32 Å². The first-order chi connectivity index (χ1) is 16.7. The average molecular weight is 571 g/mol. The zero-order valence-corrected chi connectivity index (χ0v) is 22.0. The Hall–Kier alpha value is -3.01. The van der Waals surface area contributed by atoms with Crippen LogP contribution in [0.3, 0.4) is 0 Å². The Kier molecular flexibility index (Phi) is 7.69. The number of ether oxygens (including phenoxy) is 1. The molecular weight excluding hydrogens is 551 g/mol. The minimum absolute atomic E-state index is 0.0263. The number of hydrogen-bond donors (Lipinski definition) is 1. The lowest BCUT2D eigenvalue weighted by atomic mass is 10.1. The number of carbonyl (C=O) groups is 2. The number of hydrogen-bond acceptors (Lipinski definition) is 5. The lowest BCUT2D eigenvalue weighted by Crippen LogP contribution is -2.27. The minimum atomic E-state index is -0.391. The van der Waals surface area contributed by atoms with Gasteiger partial charge in [-0.05, 0) is 80.6 Å². The van der Waals surface area contributed by atoms with E-state index in [4.69, 9.17) is 17.0 Å². The number of amides is 2. The van der Waals surface area contributed by atoms with E-state index in [-0.39, 0.29) is 17.9 Å². The van der Waals surface area contributed by atoms with E-state index >= 15 is 0 Å². The van der Waals surface area contributed by atoms with Gasteiger partial charge in [-0.25, -0.2) is 4.39 Å². The maximum absolute atomic E-state index is 13.3. The highest BCUT2D eigenvalue weighted by Crippen LogP contribution is 2.38. The molecule has 1 saturated heterocycles. The van der Waals surface area contributed by atoms with Crippen LogP contribution in [0.5, 0.6) is 5.75 Å². The lowest BCUT2D eigenvalue weighted by Gasteiger charge is -2.16. The molecule has 1 aliphatic heterocycles. The number of thioether (sulfide) groups is 1. The molecule has 0 atom stereocenters. The van der Waals surface area contributed by atoms with Crippen molar-refractivity contribution in [2.75, 3.05) is 10.2 Å². The Bertz CT molecular complexity index is 1340. The van der Waals surface area contributed by atoms with E-state index in [1.807, 2.05) is 32.0 Å². The molecule has 178 valence electrons. The Balaban J connectivity index is 1.59. The molecule has 9 heteroatoms. The molecule has 3 aromatic rings. The van der Waals surface area contributed by atoms with Crippen LogP contribution in [0.1, 0.15) is 29.8 Å². The predicted molar refractivity (Wildman–Crippen MR) is 146 cm³/mol. The number of anilines is 2. The molecule has 0 aliphatic carbocycles. The molecule has 35 heavy (non-hydrogen) atoms. The summed E-state index contributed by atoms with van der Waals surface area (Å²) in [5.74, 6) is -0.401. The van der Waals surface area contributed by atoms with Crippen molar-refractivity contribution < 1.29 is 18.7 Å². The summed E-state index contributed by atoms with van der Waals surface area (Å²) < 4.78 is 20.2. The van der Waals surface area contributed by atoms with Crippen molar-refractivity contribution in [2.24, 2.45) is 0 Å². The van der Waals surface area contributed by atoms with Gasteiger partial charge >= 0.3 is 0 Å². The summed E-state index contributed by atoms with van der Waals surface area (Å²) in [5.41, 5.74) is 2.03. The van der Waals surface area contributed by atoms with Crippen LogP contribution in [0.25, 0.3) is 6.08 Å². The molecule has 0 saturated carbocycles. The van der Waals surface area contributed by atoms with Gasteiger partial charge in [0.05, 0.1) is 16.7 Å². The van der Waals surface area contributed by atoms with E-state index in [0.717, 1.165) is 10.0 Å². The summed E-state index contributed by atoms with van der Waals surface area (Å²) in [6, 6.07) is 17.7. The number of thiocarbonyl (C=S) groups is 1. The van der Waals surface area contributed by atoms with Crippen LogP contribution in [0.2, 0.25) is 0 Å². The van der Waals surface area contributed by atoms with Gasteiger partial charge in [-0.2, -0.15) is 0 Å². The van der Waals surface area contributed by atoms with Gasteiger partial charge in [0.2, 0.25) is 0 Å². The number of halogens is 2. The maximum atomic E-state index is 13.3. The second kappa shape index (κ2) is 10.7. The SMILES string of the molecule is CC(C)Oc1ccc(Br)cc1/C=C1/SC(=S)N(c2cccc(C(=O)Nc3ccc(F)cc3)c2)C1=O. The third-order valence-corrected chi connectivity index (χ3v) is 6.68. The van der Waals surface area contributed by atoms with Gasteiger partial charge in [-0.3, -0.25) is 14.5 Å². The molecule has 4 rings (SSSR count). The maximum Gasteiger partial charge on any atom is 0.270 e. The van der Waals surface area contributed by atoms with Crippen molar-refractivity contribution in [3.8, 4) is 5.75 Å². The van der Waals surface area contributed by atoms with Crippen molar-refractivity contribution in [1.82, 2.24) is 0 Å². The third-order valence-electron chi connectivity index (χ3n) is 4.88. The molecular formula is C26H20BrFN2O3S2. The van der Waals surface area contributed by atoms with Crippen LogP contribution in [-0.4, -0.2) is 22.2 Å². The first-order valence-electron chi connectivity index (χ1n) is 10.6. The zero-order valence-electron chi connectivity index (χ0n) is 18.7. The second-order valence-corrected chi connectivity index (χ2v) is 10.5. The van der Waals surface area contributed by atoms with Crippen LogP contribution in [-0.2, 0) is 4.79 Å². The normalized spacial score (nSPS) is 14.7. The number of carbonyl (C=O) groups excluding carboxylic acids is 2. The zero-order chi connectivity index (χ0) is 25.1. The topological polar surface area (TPSA) is 58.6 Å². The van der Waals surface area contributed by atoms with E-state index in [2.05, 4.69) is 21.2 Å². The number of benzene rings is 3. The van der Waals surface area contributed by atoms with Crippen molar-refractivity contribution in [3.05, 3.63) is 93.1 Å². The van der Waals surface area contributed by atoms with Crippen LogP contribution in [0.4, 0.5) is 15.8 Å². The van der Waals surface area contributed by atoms with Crippen molar-refractivity contribution >= 4 is 73.5 Å². The van der Waals surface area contributed by atoms with Gasteiger partial charge in [-0.1, -0.05) is 46.0 Å². The standard InChI is InChI=1S/C26H20BrFN2O3S2/c1-15(2)33-22-11-6-18(27)12-17(22)14-23-25(32)30(26(34)35-23)21-5-3-4-16(13-21)24(31)29-20-9-7-19(28)8-10-20/h3-15H,1-2H3,(H,29,31)/b23-14+. The molecule has 0 spiro atoms. The fourth-order valence-corrected chi connectivity index (χ4v) is 5.02. The molecule has 2 amide bonds. The molecule has 0 unspecified atom stereocenters. The number of nitrogens with one attached hydrogen (secondary N) is 1. The summed E-state index contributed by atoms with van der Waals surface area (Å²) in [6.45, 7) is 3.87. The summed E-state index contributed by atoms with van der Waals surface area (Å²) >= 11 is 10.2. The average Bonchev–Trinajstić information content (AvgIpc) is 3.09. The Labute approximate surface area is 220 Å². The summed E-state index contributed by atoms with van der Waals surface area (Å²) in [5, 5.41) is 2.72. The number of rotatable bonds is 6. The van der Waals surface area contributed by atoms with Gasteiger partial charge in [0.25, 0.3) is 11.8 Å². The Morgan fingerprint density at radius 1 is 1.14 bits per heavy atom. The Morgan fingerprint density at radius 3 is 2.60 bits per heavy atom. The van der Waals surface area contributed by atoms with Crippen LogP contribution in [0, 0.1) is 5.82 Å². The molecule has 1 heterocycles. The van der Waals surface area contributed by atoms with E-state index in [9.17, 15) is 14.0 Å². The summed E-state index contributed by atoms with van der Waals surface area (Å²) in [7, 11) is 0. The fourth-order valence-electron chi connectivity index (χ4n) is 3.35. The van der Waals surface area contributed by atoms with E-state index < -0.39 is 5.82 Å². The van der Waals surface area contributed by atoms with Crippen LogP contribution < -0.4 is 15.0 Å². The van der Waals surface area contributed by atoms with Gasteiger partial charge < -0.3 is 10.1 Å². The van der Waals surface area contributed by atoms with E-state index in [1.54, 1.807) is 30.3 Å². The first kappa shape index (κ1) is 25.1. The Morgan fingerprint density at radius 2 is 1.89 bits per heavy atom. The highest BCUT2D eigenvalue weighted by molar-refractivity contribution is 9.10. The van der Waals surface area contributed by atoms with Crippen molar-refractivity contribution in [1.29, 1.82) is 0 Å². The molecule has 3 aromatic carbocycles. The van der Waals surface area contributed by atoms with Crippen molar-refractivity contribution in [2.45, 2.75) is 20.0 Å². The summed E-state index contributed by atoms with van der Waals surface area (Å²) in [4.78, 5) is 27.9. The van der Waals surface area contributed by atoms with Gasteiger partial charge in [0, 0.05) is 21.3 Å². The predicted octanol–water partition coefficient (Wildman–Crippen LogP) is 7.03. The van der Waals surface area contributed by atoms with E-state index in [1.165, 1.54) is 40.9 Å². The monoisotopic (exact) mass is 570 g/mol. The first-order valence-corrected chi connectivity index (χ1v) is 12.6. The van der Waals surface area contributed by atoms with Crippen molar-refractivity contribution in [3.63, 3.8) is 0 Å². The molecule has 0 radical (unpaired) electrons. The van der Waals surface area contributed by atoms with Gasteiger partial charge in [-0.15, -0.1) is 0 Å². The molecule has 1 fully saturated rings. The minimum Gasteiger partial charge on any atom is -0.490 e. The lowest BCUT2D eigenvalue weighted by molar-refractivity contribution is -0.113. The smallest absolute Gasteiger partial charge is 0.270 e. The fraction of sp³-hybridized carbons (Fsp3) is 0.115. The van der Waals surface area contributed by atoms with E-state index in [0.29, 0.717) is 31.9 Å². The van der Waals surface area contributed by atoms with Crippen LogP contribution >= 0.6 is 39.9 Å². The van der Waals surface area contributed by atoms with Gasteiger partial charge in [0.1, 0.15) is 11.6 Å². The molecule has 0 aromatic heterocycles. The quantitative estimate of drug-likeness (QED) is 0.254. The van der Waals surface area contributed by atoms with Crippen LogP contribution in [0.15, 0.2) is 76.1 Å². The number of nitrogens with zero attached hydrogens (tertiary/aromatic N) is 1. The highest BCUT2D eigenvalue weighted by atomic mass is 79.9. The highest BCUT2D eigenvalue weighted by Gasteiger charge is 2.34. The molecule has 0 bridgehead atoms. The molecule has 1 N–H and O–H groups in total. The summed E-state index contributed by atoms with van der Waals surface area (Å²) in [6.07, 6.45) is 1.73. The second-order valence-electron chi connectivity index (χ2n) is 7.88. The largest absolute Gasteiger partial charge is 0.490 e. The third kappa shape index (κ3) is 5.98. The molecule has 1 aliphatic rings. The molecule has 5 nitrogen and oxygen atoms in total.